The van der Waals surface area contributed by atoms with Gasteiger partial charge in [0.2, 0.25) is 5.88 Å². The molecule has 0 radical (unpaired) electrons. The number of ether oxygens (including phenoxy) is 1. The van der Waals surface area contributed by atoms with Crippen molar-refractivity contribution in [1.82, 2.24) is 4.98 Å². The molecule has 2 rings (SSSR count). The maximum atomic E-state index is 6.00. The highest BCUT2D eigenvalue weighted by Gasteiger charge is 2.11. The van der Waals surface area contributed by atoms with Crippen molar-refractivity contribution in [2.75, 3.05) is 0 Å². The molecule has 0 aliphatic carbocycles. The number of aromatic nitrogens is 1. The van der Waals surface area contributed by atoms with Crippen LogP contribution in [-0.4, -0.2) is 4.98 Å². The minimum atomic E-state index is 0.395. The van der Waals surface area contributed by atoms with E-state index in [9.17, 15) is 0 Å². The van der Waals surface area contributed by atoms with Crippen LogP contribution in [0.4, 0.5) is 0 Å². The van der Waals surface area contributed by atoms with Gasteiger partial charge in [-0.05, 0) is 44.9 Å². The van der Waals surface area contributed by atoms with Crippen molar-refractivity contribution in [2.45, 2.75) is 33.6 Å². The highest BCUT2D eigenvalue weighted by atomic mass is 35.5. The fourth-order valence-corrected chi connectivity index (χ4v) is 2.38. The lowest BCUT2D eigenvalue weighted by Crippen LogP contribution is -1.98. The van der Waals surface area contributed by atoms with Gasteiger partial charge in [0, 0.05) is 11.3 Å². The SMILES string of the molecule is Cc1cc(C)c(Oc2nc(C)ccc2CCl)c(C)c1. The quantitative estimate of drug-likeness (QED) is 0.747. The summed E-state index contributed by atoms with van der Waals surface area (Å²) < 4.78 is 6.00. The van der Waals surface area contributed by atoms with Crippen LogP contribution in [0.15, 0.2) is 24.3 Å². The molecule has 3 heteroatoms. The molecule has 2 nitrogen and oxygen atoms in total. The number of rotatable bonds is 3. The first-order chi connectivity index (χ1) is 9.01. The Morgan fingerprint density at radius 3 is 2.26 bits per heavy atom. The van der Waals surface area contributed by atoms with Crippen LogP contribution >= 0.6 is 11.6 Å². The topological polar surface area (TPSA) is 22.1 Å². The standard InChI is InChI=1S/C16H18ClNO/c1-10-7-11(2)15(12(3)8-10)19-16-14(9-17)6-5-13(4)18-16/h5-8H,9H2,1-4H3. The molecule has 1 aromatic heterocycles. The predicted octanol–water partition coefficient (Wildman–Crippen LogP) is 4.85. The fraction of sp³-hybridized carbons (Fsp3) is 0.312. The molecule has 0 saturated carbocycles. The summed E-state index contributed by atoms with van der Waals surface area (Å²) >= 11 is 5.94. The molecule has 100 valence electrons. The molecule has 0 amide bonds. The third-order valence-electron chi connectivity index (χ3n) is 3.03. The molecule has 0 unspecified atom stereocenters. The largest absolute Gasteiger partial charge is 0.438 e. The number of hydrogen-bond acceptors (Lipinski definition) is 2. The number of benzene rings is 1. The second-order valence-electron chi connectivity index (χ2n) is 4.88. The highest BCUT2D eigenvalue weighted by Crippen LogP contribution is 2.31. The van der Waals surface area contributed by atoms with E-state index in [1.807, 2.05) is 32.9 Å². The minimum Gasteiger partial charge on any atom is -0.438 e. The molecule has 0 fully saturated rings. The maximum absolute atomic E-state index is 6.00. The van der Waals surface area contributed by atoms with E-state index >= 15 is 0 Å². The molecule has 0 aliphatic heterocycles. The summed E-state index contributed by atoms with van der Waals surface area (Å²) in [6.45, 7) is 8.12. The minimum absolute atomic E-state index is 0.395. The Kier molecular flexibility index (Phi) is 4.11. The monoisotopic (exact) mass is 275 g/mol. The van der Waals surface area contributed by atoms with Crippen molar-refractivity contribution >= 4 is 11.6 Å². The van der Waals surface area contributed by atoms with E-state index in [-0.39, 0.29) is 0 Å². The molecule has 19 heavy (non-hydrogen) atoms. The van der Waals surface area contributed by atoms with E-state index < -0.39 is 0 Å². The molecule has 0 bridgehead atoms. The molecule has 0 spiro atoms. The van der Waals surface area contributed by atoms with Gasteiger partial charge in [0.1, 0.15) is 5.75 Å². The van der Waals surface area contributed by atoms with Crippen LogP contribution in [0, 0.1) is 27.7 Å². The van der Waals surface area contributed by atoms with Gasteiger partial charge in [-0.1, -0.05) is 23.8 Å². The van der Waals surface area contributed by atoms with Crippen LogP contribution in [-0.2, 0) is 5.88 Å². The van der Waals surface area contributed by atoms with Gasteiger partial charge < -0.3 is 4.74 Å². The van der Waals surface area contributed by atoms with Crippen LogP contribution in [0.5, 0.6) is 11.6 Å². The summed E-state index contributed by atoms with van der Waals surface area (Å²) in [4.78, 5) is 4.44. The summed E-state index contributed by atoms with van der Waals surface area (Å²) in [5.41, 5.74) is 5.29. The predicted molar refractivity (Wildman–Crippen MR) is 79.3 cm³/mol. The number of hydrogen-bond donors (Lipinski definition) is 0. The lowest BCUT2D eigenvalue weighted by molar-refractivity contribution is 0.450. The lowest BCUT2D eigenvalue weighted by atomic mass is 10.1. The van der Waals surface area contributed by atoms with Gasteiger partial charge in [0.15, 0.2) is 0 Å². The Morgan fingerprint density at radius 1 is 1.05 bits per heavy atom. The van der Waals surface area contributed by atoms with Gasteiger partial charge >= 0.3 is 0 Å². The second kappa shape index (κ2) is 5.62. The van der Waals surface area contributed by atoms with Gasteiger partial charge in [-0.25, -0.2) is 4.98 Å². The molecule has 1 heterocycles. The third-order valence-corrected chi connectivity index (χ3v) is 3.31. The van der Waals surface area contributed by atoms with Crippen molar-refractivity contribution in [3.05, 3.63) is 52.2 Å². The van der Waals surface area contributed by atoms with Crippen LogP contribution in [0.2, 0.25) is 0 Å². The third kappa shape index (κ3) is 3.07. The molecule has 1 aromatic carbocycles. The zero-order chi connectivity index (χ0) is 14.0. The maximum Gasteiger partial charge on any atom is 0.223 e. The van der Waals surface area contributed by atoms with Gasteiger partial charge in [-0.3, -0.25) is 0 Å². The number of halogens is 1. The second-order valence-corrected chi connectivity index (χ2v) is 5.15. The molecule has 0 aliphatic rings. The average molecular weight is 276 g/mol. The van der Waals surface area contributed by atoms with E-state index in [4.69, 9.17) is 16.3 Å². The van der Waals surface area contributed by atoms with Crippen molar-refractivity contribution in [3.63, 3.8) is 0 Å². The van der Waals surface area contributed by atoms with Crippen molar-refractivity contribution in [3.8, 4) is 11.6 Å². The fourth-order valence-electron chi connectivity index (χ4n) is 2.18. The molecule has 0 saturated heterocycles. The van der Waals surface area contributed by atoms with Gasteiger partial charge in [0.25, 0.3) is 0 Å². The van der Waals surface area contributed by atoms with E-state index in [0.29, 0.717) is 11.8 Å². The zero-order valence-corrected chi connectivity index (χ0v) is 12.5. The van der Waals surface area contributed by atoms with Crippen LogP contribution in [0.3, 0.4) is 0 Å². The Hall–Kier alpha value is -1.54. The first-order valence-electron chi connectivity index (χ1n) is 6.29. The highest BCUT2D eigenvalue weighted by molar-refractivity contribution is 6.17. The van der Waals surface area contributed by atoms with E-state index in [0.717, 1.165) is 28.1 Å². The Morgan fingerprint density at radius 2 is 1.68 bits per heavy atom. The van der Waals surface area contributed by atoms with E-state index in [1.54, 1.807) is 0 Å². The first kappa shape index (κ1) is 13.9. The molecular formula is C16H18ClNO. The van der Waals surface area contributed by atoms with Crippen LogP contribution in [0.25, 0.3) is 0 Å². The first-order valence-corrected chi connectivity index (χ1v) is 6.83. The summed E-state index contributed by atoms with van der Waals surface area (Å²) in [6, 6.07) is 8.12. The van der Waals surface area contributed by atoms with Gasteiger partial charge in [0.05, 0.1) is 5.88 Å². The van der Waals surface area contributed by atoms with Crippen LogP contribution in [0.1, 0.15) is 27.9 Å². The molecule has 0 atom stereocenters. The van der Waals surface area contributed by atoms with Crippen molar-refractivity contribution < 1.29 is 4.74 Å². The number of pyridine rings is 1. The zero-order valence-electron chi connectivity index (χ0n) is 11.7. The summed E-state index contributed by atoms with van der Waals surface area (Å²) in [5.74, 6) is 1.87. The molecule has 0 N–H and O–H groups in total. The van der Waals surface area contributed by atoms with E-state index in [2.05, 4.69) is 24.0 Å². The normalized spacial score (nSPS) is 10.6. The number of alkyl halides is 1. The van der Waals surface area contributed by atoms with Crippen molar-refractivity contribution in [1.29, 1.82) is 0 Å². The lowest BCUT2D eigenvalue weighted by Gasteiger charge is -2.14. The van der Waals surface area contributed by atoms with Gasteiger partial charge in [-0.2, -0.15) is 0 Å². The van der Waals surface area contributed by atoms with E-state index in [1.165, 1.54) is 5.56 Å². The summed E-state index contributed by atoms with van der Waals surface area (Å²) in [5, 5.41) is 0. The average Bonchev–Trinajstić information content (AvgIpc) is 2.34. The number of nitrogens with zero attached hydrogens (tertiary/aromatic N) is 1. The molecular weight excluding hydrogens is 258 g/mol. The molecule has 2 aromatic rings. The summed E-state index contributed by atoms with van der Waals surface area (Å²) in [6.07, 6.45) is 0. The Labute approximate surface area is 119 Å². The summed E-state index contributed by atoms with van der Waals surface area (Å²) in [7, 11) is 0. The van der Waals surface area contributed by atoms with Crippen LogP contribution < -0.4 is 4.74 Å². The smallest absolute Gasteiger partial charge is 0.223 e. The Bertz CT molecular complexity index is 585. The number of aryl methyl sites for hydroxylation is 4. The Balaban J connectivity index is 2.44. The van der Waals surface area contributed by atoms with Gasteiger partial charge in [-0.15, -0.1) is 11.6 Å². The van der Waals surface area contributed by atoms with Crippen molar-refractivity contribution in [2.24, 2.45) is 0 Å².